The van der Waals surface area contributed by atoms with E-state index in [1.165, 1.54) is 11.1 Å². The van der Waals surface area contributed by atoms with Crippen LogP contribution in [-0.2, 0) is 13.0 Å². The van der Waals surface area contributed by atoms with E-state index < -0.39 is 0 Å². The van der Waals surface area contributed by atoms with Gasteiger partial charge in [0.15, 0.2) is 0 Å². The average molecular weight is 236 g/mol. The fourth-order valence-corrected chi connectivity index (χ4v) is 1.97. The lowest BCUT2D eigenvalue weighted by Crippen LogP contribution is -2.22. The van der Waals surface area contributed by atoms with Crippen LogP contribution in [-0.4, -0.2) is 31.6 Å². The fourth-order valence-electron chi connectivity index (χ4n) is 1.97. The van der Waals surface area contributed by atoms with Gasteiger partial charge in [0.1, 0.15) is 5.75 Å². The highest BCUT2D eigenvalue weighted by molar-refractivity contribution is 5.37. The predicted molar refractivity (Wildman–Crippen MR) is 72.4 cm³/mol. The smallest absolute Gasteiger partial charge is 0.123 e. The molecule has 0 fully saturated rings. The van der Waals surface area contributed by atoms with Crippen LogP contribution >= 0.6 is 0 Å². The van der Waals surface area contributed by atoms with Crippen molar-refractivity contribution >= 4 is 0 Å². The van der Waals surface area contributed by atoms with E-state index in [1.807, 2.05) is 6.07 Å². The van der Waals surface area contributed by atoms with Crippen molar-refractivity contribution in [2.24, 2.45) is 5.73 Å². The van der Waals surface area contributed by atoms with Gasteiger partial charge in [0.05, 0.1) is 7.11 Å². The van der Waals surface area contributed by atoms with Crippen molar-refractivity contribution in [3.8, 4) is 5.75 Å². The molecular weight excluding hydrogens is 212 g/mol. The highest BCUT2D eigenvalue weighted by Gasteiger charge is 2.08. The average Bonchev–Trinajstić information content (AvgIpc) is 2.36. The minimum absolute atomic E-state index is 0.692. The Hall–Kier alpha value is -1.06. The van der Waals surface area contributed by atoms with Gasteiger partial charge in [-0.1, -0.05) is 26.0 Å². The van der Waals surface area contributed by atoms with Crippen LogP contribution in [0.25, 0.3) is 0 Å². The molecule has 0 radical (unpaired) electrons. The summed E-state index contributed by atoms with van der Waals surface area (Å²) >= 11 is 0. The van der Waals surface area contributed by atoms with Gasteiger partial charge in [0.25, 0.3) is 0 Å². The normalized spacial score (nSPS) is 10.9. The van der Waals surface area contributed by atoms with Crippen molar-refractivity contribution in [1.29, 1.82) is 0 Å². The number of ether oxygens (including phenoxy) is 1. The summed E-state index contributed by atoms with van der Waals surface area (Å²) in [7, 11) is 1.73. The number of rotatable bonds is 7. The molecular formula is C14H24N2O. The first-order valence-electron chi connectivity index (χ1n) is 6.33. The number of nitrogens with zero attached hydrogens (tertiary/aromatic N) is 1. The van der Waals surface area contributed by atoms with Gasteiger partial charge in [-0.3, -0.25) is 4.90 Å². The molecule has 0 aromatic heterocycles. The number of hydrogen-bond donors (Lipinski definition) is 1. The fraction of sp³-hybridized carbons (Fsp3) is 0.571. The summed E-state index contributed by atoms with van der Waals surface area (Å²) in [5.41, 5.74) is 8.13. The second kappa shape index (κ2) is 7.30. The van der Waals surface area contributed by atoms with E-state index in [0.717, 1.165) is 31.8 Å². The Kier molecular flexibility index (Phi) is 6.01. The summed E-state index contributed by atoms with van der Waals surface area (Å²) in [5, 5.41) is 0. The molecule has 1 rings (SSSR count). The van der Waals surface area contributed by atoms with Crippen molar-refractivity contribution in [2.45, 2.75) is 26.8 Å². The topological polar surface area (TPSA) is 38.5 Å². The van der Waals surface area contributed by atoms with Crippen LogP contribution in [0, 0.1) is 0 Å². The highest BCUT2D eigenvalue weighted by atomic mass is 16.5. The summed E-state index contributed by atoms with van der Waals surface area (Å²) in [4.78, 5) is 2.38. The third-order valence-corrected chi connectivity index (χ3v) is 3.07. The minimum Gasteiger partial charge on any atom is -0.496 e. The van der Waals surface area contributed by atoms with Gasteiger partial charge in [0.2, 0.25) is 0 Å². The van der Waals surface area contributed by atoms with Crippen LogP contribution in [0.15, 0.2) is 18.2 Å². The first kappa shape index (κ1) is 14.0. The lowest BCUT2D eigenvalue weighted by atomic mass is 10.1. The van der Waals surface area contributed by atoms with Gasteiger partial charge in [-0.15, -0.1) is 0 Å². The molecule has 0 bridgehead atoms. The van der Waals surface area contributed by atoms with Crippen LogP contribution in [0.5, 0.6) is 5.75 Å². The van der Waals surface area contributed by atoms with Gasteiger partial charge in [-0.05, 0) is 37.7 Å². The van der Waals surface area contributed by atoms with Gasteiger partial charge in [-0.2, -0.15) is 0 Å². The van der Waals surface area contributed by atoms with Crippen LogP contribution in [0.1, 0.15) is 25.0 Å². The molecule has 2 N–H and O–H groups in total. The molecule has 0 aliphatic rings. The predicted octanol–water partition coefficient (Wildman–Crippen LogP) is 2.04. The Morgan fingerprint density at radius 1 is 1.24 bits per heavy atom. The van der Waals surface area contributed by atoms with Gasteiger partial charge >= 0.3 is 0 Å². The second-order valence-electron chi connectivity index (χ2n) is 4.15. The molecule has 0 amide bonds. The Bertz CT molecular complexity index is 335. The van der Waals surface area contributed by atoms with E-state index in [1.54, 1.807) is 7.11 Å². The Morgan fingerprint density at radius 2 is 1.94 bits per heavy atom. The zero-order valence-electron chi connectivity index (χ0n) is 11.2. The third kappa shape index (κ3) is 4.02. The number of nitrogens with two attached hydrogens (primary N) is 1. The molecule has 96 valence electrons. The maximum Gasteiger partial charge on any atom is 0.123 e. The van der Waals surface area contributed by atoms with E-state index in [4.69, 9.17) is 10.5 Å². The Morgan fingerprint density at radius 3 is 2.47 bits per heavy atom. The van der Waals surface area contributed by atoms with Crippen molar-refractivity contribution < 1.29 is 4.74 Å². The highest BCUT2D eigenvalue weighted by Crippen LogP contribution is 2.21. The maximum atomic E-state index is 5.59. The number of hydrogen-bond acceptors (Lipinski definition) is 3. The summed E-state index contributed by atoms with van der Waals surface area (Å²) in [6.45, 7) is 8.10. The molecule has 0 atom stereocenters. The Labute approximate surface area is 105 Å². The van der Waals surface area contributed by atoms with Gasteiger partial charge in [0, 0.05) is 12.1 Å². The lowest BCUT2D eigenvalue weighted by molar-refractivity contribution is 0.289. The molecule has 3 heteroatoms. The Balaban J connectivity index is 2.88. The van der Waals surface area contributed by atoms with Crippen molar-refractivity contribution in [2.75, 3.05) is 26.7 Å². The number of methoxy groups -OCH3 is 1. The van der Waals surface area contributed by atoms with Gasteiger partial charge < -0.3 is 10.5 Å². The molecule has 1 aromatic rings. The van der Waals surface area contributed by atoms with E-state index in [2.05, 4.69) is 30.9 Å². The maximum absolute atomic E-state index is 5.59. The molecule has 0 heterocycles. The number of benzene rings is 1. The molecule has 0 saturated carbocycles. The van der Waals surface area contributed by atoms with Crippen molar-refractivity contribution in [3.63, 3.8) is 0 Å². The molecule has 0 saturated heterocycles. The van der Waals surface area contributed by atoms with Crippen LogP contribution in [0.2, 0.25) is 0 Å². The van der Waals surface area contributed by atoms with Crippen LogP contribution in [0.3, 0.4) is 0 Å². The van der Waals surface area contributed by atoms with E-state index >= 15 is 0 Å². The van der Waals surface area contributed by atoms with E-state index in [9.17, 15) is 0 Å². The minimum atomic E-state index is 0.692. The van der Waals surface area contributed by atoms with Crippen molar-refractivity contribution in [3.05, 3.63) is 29.3 Å². The quantitative estimate of drug-likeness (QED) is 0.787. The lowest BCUT2D eigenvalue weighted by Gasteiger charge is -2.20. The molecule has 0 spiro atoms. The third-order valence-electron chi connectivity index (χ3n) is 3.07. The summed E-state index contributed by atoms with van der Waals surface area (Å²) < 4.78 is 5.41. The van der Waals surface area contributed by atoms with Crippen molar-refractivity contribution in [1.82, 2.24) is 4.90 Å². The van der Waals surface area contributed by atoms with E-state index in [0.29, 0.717) is 6.54 Å². The monoisotopic (exact) mass is 236 g/mol. The SMILES string of the molecule is CCN(CC)Cc1cc(CCN)ccc1OC. The summed E-state index contributed by atoms with van der Waals surface area (Å²) in [6.07, 6.45) is 0.926. The second-order valence-corrected chi connectivity index (χ2v) is 4.15. The zero-order chi connectivity index (χ0) is 12.7. The van der Waals surface area contributed by atoms with E-state index in [-0.39, 0.29) is 0 Å². The summed E-state index contributed by atoms with van der Waals surface area (Å²) in [5.74, 6) is 0.970. The van der Waals surface area contributed by atoms with Gasteiger partial charge in [-0.25, -0.2) is 0 Å². The standard InChI is InChI=1S/C14H24N2O/c1-4-16(5-2)11-13-10-12(8-9-15)6-7-14(13)17-3/h6-7,10H,4-5,8-9,11,15H2,1-3H3. The van der Waals surface area contributed by atoms with Crippen LogP contribution in [0.4, 0.5) is 0 Å². The molecule has 17 heavy (non-hydrogen) atoms. The first-order chi connectivity index (χ1) is 8.24. The molecule has 0 aliphatic carbocycles. The van der Waals surface area contributed by atoms with Crippen LogP contribution < -0.4 is 10.5 Å². The molecule has 0 aliphatic heterocycles. The molecule has 3 nitrogen and oxygen atoms in total. The molecule has 1 aromatic carbocycles. The first-order valence-corrected chi connectivity index (χ1v) is 6.33. The largest absolute Gasteiger partial charge is 0.496 e. The zero-order valence-corrected chi connectivity index (χ0v) is 11.2. The summed E-state index contributed by atoms with van der Waals surface area (Å²) in [6, 6.07) is 6.35. The molecule has 0 unspecified atom stereocenters.